The molecule has 3 rings (SSSR count). The molecule has 0 atom stereocenters. The molecule has 18 heavy (non-hydrogen) atoms. The van der Waals surface area contributed by atoms with E-state index < -0.39 is 0 Å². The minimum Gasteiger partial charge on any atom is -0.507 e. The highest BCUT2D eigenvalue weighted by Crippen LogP contribution is 2.32. The third kappa shape index (κ3) is 1.56. The maximum atomic E-state index is 9.91. The molecular weight excluding hydrogens is 248 g/mol. The first-order chi connectivity index (χ1) is 8.68. The number of rotatable bonds is 1. The maximum Gasteiger partial charge on any atom is 0.155 e. The van der Waals surface area contributed by atoms with Crippen LogP contribution in [-0.4, -0.2) is 14.5 Å². The second kappa shape index (κ2) is 4.03. The van der Waals surface area contributed by atoms with E-state index in [0.717, 1.165) is 11.1 Å². The van der Waals surface area contributed by atoms with Gasteiger partial charge in [-0.25, -0.2) is 4.98 Å². The van der Waals surface area contributed by atoms with Gasteiger partial charge in [-0.05, 0) is 30.7 Å². The van der Waals surface area contributed by atoms with Crippen molar-refractivity contribution in [3.05, 3.63) is 53.3 Å². The first-order valence-corrected chi connectivity index (χ1v) is 5.98. The Labute approximate surface area is 109 Å². The van der Waals surface area contributed by atoms with Gasteiger partial charge in [0, 0.05) is 6.20 Å². The molecule has 0 saturated heterocycles. The second-order valence-electron chi connectivity index (χ2n) is 4.15. The number of hydrogen-bond acceptors (Lipinski definition) is 2. The molecule has 2 heterocycles. The number of benzene rings is 1. The highest BCUT2D eigenvalue weighted by Gasteiger charge is 2.14. The quantitative estimate of drug-likeness (QED) is 0.723. The lowest BCUT2D eigenvalue weighted by Gasteiger charge is -2.04. The number of aromatic nitrogens is 2. The van der Waals surface area contributed by atoms with Crippen molar-refractivity contribution in [3.63, 3.8) is 0 Å². The first kappa shape index (κ1) is 11.1. The van der Waals surface area contributed by atoms with Crippen molar-refractivity contribution in [3.8, 4) is 17.1 Å². The molecule has 1 aromatic carbocycles. The van der Waals surface area contributed by atoms with Crippen molar-refractivity contribution in [1.29, 1.82) is 0 Å². The van der Waals surface area contributed by atoms with E-state index >= 15 is 0 Å². The molecule has 0 bridgehead atoms. The second-order valence-corrected chi connectivity index (χ2v) is 4.51. The van der Waals surface area contributed by atoms with Crippen LogP contribution in [0.4, 0.5) is 0 Å². The van der Waals surface area contributed by atoms with Crippen LogP contribution in [-0.2, 0) is 0 Å². The Morgan fingerprint density at radius 3 is 2.72 bits per heavy atom. The summed E-state index contributed by atoms with van der Waals surface area (Å²) in [6.45, 7) is 1.98. The number of aromatic hydroxyl groups is 1. The summed E-state index contributed by atoms with van der Waals surface area (Å²) in [7, 11) is 0. The van der Waals surface area contributed by atoms with Crippen molar-refractivity contribution >= 4 is 17.1 Å². The summed E-state index contributed by atoms with van der Waals surface area (Å²) in [5, 5.41) is 10.4. The van der Waals surface area contributed by atoms with Crippen molar-refractivity contribution < 1.29 is 5.11 Å². The smallest absolute Gasteiger partial charge is 0.155 e. The fraction of sp³-hybridized carbons (Fsp3) is 0.0714. The van der Waals surface area contributed by atoms with E-state index in [-0.39, 0.29) is 5.75 Å². The summed E-state index contributed by atoms with van der Waals surface area (Å²) in [6, 6.07) is 11.0. The molecule has 2 aromatic heterocycles. The number of aryl methyl sites for hydroxylation is 1. The zero-order chi connectivity index (χ0) is 12.7. The Morgan fingerprint density at radius 2 is 1.94 bits per heavy atom. The Morgan fingerprint density at radius 1 is 1.17 bits per heavy atom. The van der Waals surface area contributed by atoms with E-state index in [2.05, 4.69) is 4.98 Å². The molecule has 0 aliphatic rings. The topological polar surface area (TPSA) is 37.5 Å². The van der Waals surface area contributed by atoms with Crippen LogP contribution in [0.3, 0.4) is 0 Å². The SMILES string of the molecule is Cc1cccn2c(-c3ccccc3O)nc(Cl)c12. The largest absolute Gasteiger partial charge is 0.507 e. The predicted molar refractivity (Wildman–Crippen MR) is 72.0 cm³/mol. The van der Waals surface area contributed by atoms with Gasteiger partial charge in [0.2, 0.25) is 0 Å². The normalized spacial score (nSPS) is 11.0. The number of hydrogen-bond donors (Lipinski definition) is 1. The van der Waals surface area contributed by atoms with Crippen LogP contribution in [0.2, 0.25) is 5.15 Å². The molecule has 0 radical (unpaired) electrons. The van der Waals surface area contributed by atoms with Crippen LogP contribution in [0.25, 0.3) is 16.9 Å². The lowest BCUT2D eigenvalue weighted by atomic mass is 10.2. The molecule has 3 aromatic rings. The zero-order valence-electron chi connectivity index (χ0n) is 9.76. The summed E-state index contributed by atoms with van der Waals surface area (Å²) in [6.07, 6.45) is 1.89. The Balaban J connectivity index is 2.38. The molecule has 0 aliphatic carbocycles. The molecule has 0 unspecified atom stereocenters. The van der Waals surface area contributed by atoms with E-state index in [1.165, 1.54) is 0 Å². The fourth-order valence-electron chi connectivity index (χ4n) is 2.11. The molecule has 4 heteroatoms. The summed E-state index contributed by atoms with van der Waals surface area (Å²) in [5.41, 5.74) is 2.60. The molecule has 3 nitrogen and oxygen atoms in total. The van der Waals surface area contributed by atoms with Crippen LogP contribution >= 0.6 is 11.6 Å². The van der Waals surface area contributed by atoms with E-state index in [9.17, 15) is 5.11 Å². The van der Waals surface area contributed by atoms with Gasteiger partial charge in [-0.2, -0.15) is 0 Å². The summed E-state index contributed by atoms with van der Waals surface area (Å²) in [4.78, 5) is 4.35. The number of halogens is 1. The third-order valence-electron chi connectivity index (χ3n) is 2.97. The van der Waals surface area contributed by atoms with Crippen LogP contribution in [0, 0.1) is 6.92 Å². The van der Waals surface area contributed by atoms with Crippen molar-refractivity contribution in [2.45, 2.75) is 6.92 Å². The molecule has 0 fully saturated rings. The van der Waals surface area contributed by atoms with Gasteiger partial charge in [0.25, 0.3) is 0 Å². The van der Waals surface area contributed by atoms with Crippen molar-refractivity contribution in [2.24, 2.45) is 0 Å². The van der Waals surface area contributed by atoms with Gasteiger partial charge in [-0.1, -0.05) is 29.8 Å². The number of imidazole rings is 1. The summed E-state index contributed by atoms with van der Waals surface area (Å²) >= 11 is 6.17. The predicted octanol–water partition coefficient (Wildman–Crippen LogP) is 3.67. The molecule has 0 saturated carbocycles. The number of para-hydroxylation sites is 1. The Kier molecular flexibility index (Phi) is 2.49. The van der Waals surface area contributed by atoms with Gasteiger partial charge < -0.3 is 5.11 Å². The van der Waals surface area contributed by atoms with E-state index in [0.29, 0.717) is 16.5 Å². The molecule has 1 N–H and O–H groups in total. The molecule has 0 aliphatic heterocycles. The highest BCUT2D eigenvalue weighted by atomic mass is 35.5. The number of phenols is 1. The van der Waals surface area contributed by atoms with Gasteiger partial charge in [0.1, 0.15) is 11.6 Å². The molecule has 0 spiro atoms. The van der Waals surface area contributed by atoms with Gasteiger partial charge in [0.15, 0.2) is 5.15 Å². The first-order valence-electron chi connectivity index (χ1n) is 5.60. The zero-order valence-corrected chi connectivity index (χ0v) is 10.5. The summed E-state index contributed by atoms with van der Waals surface area (Å²) < 4.78 is 1.90. The minimum atomic E-state index is 0.197. The number of pyridine rings is 1. The Bertz CT molecular complexity index is 734. The molecule has 0 amide bonds. The lowest BCUT2D eigenvalue weighted by Crippen LogP contribution is -1.90. The number of nitrogens with zero attached hydrogens (tertiary/aromatic N) is 2. The Hall–Kier alpha value is -2.00. The van der Waals surface area contributed by atoms with Gasteiger partial charge in [0.05, 0.1) is 11.1 Å². The van der Waals surface area contributed by atoms with Gasteiger partial charge >= 0.3 is 0 Å². The number of phenolic OH excluding ortho intramolecular Hbond substituents is 1. The monoisotopic (exact) mass is 258 g/mol. The van der Waals surface area contributed by atoms with E-state index in [1.54, 1.807) is 12.1 Å². The van der Waals surface area contributed by atoms with Crippen LogP contribution in [0.1, 0.15) is 5.56 Å². The van der Waals surface area contributed by atoms with E-state index in [4.69, 9.17) is 11.6 Å². The molecule has 90 valence electrons. The third-order valence-corrected chi connectivity index (χ3v) is 3.23. The molecular formula is C14H11ClN2O. The lowest BCUT2D eigenvalue weighted by molar-refractivity contribution is 0.477. The minimum absolute atomic E-state index is 0.197. The van der Waals surface area contributed by atoms with Gasteiger partial charge in [-0.15, -0.1) is 0 Å². The van der Waals surface area contributed by atoms with Crippen LogP contribution in [0.5, 0.6) is 5.75 Å². The van der Waals surface area contributed by atoms with Crippen molar-refractivity contribution in [1.82, 2.24) is 9.38 Å². The highest BCUT2D eigenvalue weighted by molar-refractivity contribution is 6.33. The van der Waals surface area contributed by atoms with Crippen molar-refractivity contribution in [2.75, 3.05) is 0 Å². The fourth-order valence-corrected chi connectivity index (χ4v) is 2.43. The standard InChI is InChI=1S/C14H11ClN2O/c1-9-5-4-8-17-12(9)13(15)16-14(17)10-6-2-3-7-11(10)18/h2-8,18H,1H3. The summed E-state index contributed by atoms with van der Waals surface area (Å²) in [5.74, 6) is 0.847. The number of fused-ring (bicyclic) bond motifs is 1. The maximum absolute atomic E-state index is 9.91. The van der Waals surface area contributed by atoms with Crippen LogP contribution < -0.4 is 0 Å². The van der Waals surface area contributed by atoms with Crippen LogP contribution in [0.15, 0.2) is 42.6 Å². The van der Waals surface area contributed by atoms with Gasteiger partial charge in [-0.3, -0.25) is 4.40 Å². The average Bonchev–Trinajstić information content (AvgIpc) is 2.69. The average molecular weight is 259 g/mol. The van der Waals surface area contributed by atoms with E-state index in [1.807, 2.05) is 41.8 Å².